The van der Waals surface area contributed by atoms with Crippen LogP contribution in [0.4, 0.5) is 0 Å². The second kappa shape index (κ2) is 10.3. The Morgan fingerprint density at radius 3 is 2.43 bits per heavy atom. The molecule has 0 aliphatic heterocycles. The average Bonchev–Trinajstić information content (AvgIpc) is 3.47. The van der Waals surface area contributed by atoms with Gasteiger partial charge in [-0.25, -0.2) is 10.1 Å². The van der Waals surface area contributed by atoms with Crippen LogP contribution < -0.4 is 16.3 Å². The number of benzene rings is 1. The lowest BCUT2D eigenvalue weighted by Gasteiger charge is -2.02. The summed E-state index contributed by atoms with van der Waals surface area (Å²) in [7, 11) is 0. The van der Waals surface area contributed by atoms with E-state index in [-0.39, 0.29) is 11.5 Å². The first-order chi connectivity index (χ1) is 16.8. The molecule has 0 atom stereocenters. The van der Waals surface area contributed by atoms with Crippen LogP contribution in [0.2, 0.25) is 0 Å². The summed E-state index contributed by atoms with van der Waals surface area (Å²) in [5.74, 6) is -0.760. The average molecular weight is 489 g/mol. The van der Waals surface area contributed by atoms with Crippen LogP contribution in [-0.2, 0) is 6.54 Å². The Morgan fingerprint density at radius 2 is 1.74 bits per heavy atom. The van der Waals surface area contributed by atoms with Gasteiger partial charge in [-0.1, -0.05) is 23.8 Å². The SMILES string of the molecule is CC(=NNC(=O)c1ccc(C(=O)NCc2ccccn2)s1)c1c(C)[nH]n(-c2ccc(C)cc2)c1=O. The van der Waals surface area contributed by atoms with Crippen molar-refractivity contribution in [3.05, 3.63) is 103 Å². The van der Waals surface area contributed by atoms with Crippen molar-refractivity contribution in [1.82, 2.24) is 25.5 Å². The summed E-state index contributed by atoms with van der Waals surface area (Å²) in [5.41, 5.74) is 6.13. The summed E-state index contributed by atoms with van der Waals surface area (Å²) in [6.45, 7) is 5.70. The van der Waals surface area contributed by atoms with Gasteiger partial charge in [-0.05, 0) is 57.2 Å². The van der Waals surface area contributed by atoms with Crippen molar-refractivity contribution in [2.45, 2.75) is 27.3 Å². The van der Waals surface area contributed by atoms with Gasteiger partial charge in [0.05, 0.1) is 39.0 Å². The van der Waals surface area contributed by atoms with Gasteiger partial charge in [0.15, 0.2) is 0 Å². The molecule has 0 unspecified atom stereocenters. The molecule has 1 aromatic carbocycles. The molecule has 0 spiro atoms. The minimum atomic E-state index is -0.467. The van der Waals surface area contributed by atoms with E-state index in [4.69, 9.17) is 0 Å². The summed E-state index contributed by atoms with van der Waals surface area (Å²) in [5, 5.41) is 9.96. The smallest absolute Gasteiger partial charge is 0.281 e. The maximum Gasteiger partial charge on any atom is 0.281 e. The predicted molar refractivity (Wildman–Crippen MR) is 135 cm³/mol. The van der Waals surface area contributed by atoms with Gasteiger partial charge in [0, 0.05) is 11.9 Å². The Morgan fingerprint density at radius 1 is 1.03 bits per heavy atom. The minimum Gasteiger partial charge on any atom is -0.346 e. The summed E-state index contributed by atoms with van der Waals surface area (Å²) in [6, 6.07) is 16.2. The molecule has 2 amide bonds. The second-order valence-electron chi connectivity index (χ2n) is 7.89. The highest BCUT2D eigenvalue weighted by molar-refractivity contribution is 7.15. The van der Waals surface area contributed by atoms with E-state index < -0.39 is 5.91 Å². The Balaban J connectivity index is 1.43. The number of pyridine rings is 1. The van der Waals surface area contributed by atoms with Crippen LogP contribution in [0.25, 0.3) is 5.69 Å². The standard InChI is InChI=1S/C25H24N6O3S/c1-15-7-9-19(10-8-15)31-25(34)22(17(3)30-31)16(2)28-29-24(33)21-12-11-20(35-21)23(32)27-14-18-6-4-5-13-26-18/h4-13,30H,14H2,1-3H3,(H,27,32)(H,29,33). The summed E-state index contributed by atoms with van der Waals surface area (Å²) < 4.78 is 1.44. The highest BCUT2D eigenvalue weighted by Crippen LogP contribution is 2.17. The van der Waals surface area contributed by atoms with Crippen molar-refractivity contribution in [1.29, 1.82) is 0 Å². The van der Waals surface area contributed by atoms with Crippen LogP contribution in [-0.4, -0.2) is 32.3 Å². The number of rotatable bonds is 7. The Hall–Kier alpha value is -4.31. The Kier molecular flexibility index (Phi) is 7.02. The van der Waals surface area contributed by atoms with Crippen molar-refractivity contribution < 1.29 is 9.59 Å². The van der Waals surface area contributed by atoms with E-state index >= 15 is 0 Å². The summed E-state index contributed by atoms with van der Waals surface area (Å²) in [6.07, 6.45) is 1.66. The molecule has 0 saturated heterocycles. The number of hydrazone groups is 1. The molecular formula is C25H24N6O3S. The van der Waals surface area contributed by atoms with E-state index in [0.29, 0.717) is 39.0 Å². The number of thiophene rings is 1. The van der Waals surface area contributed by atoms with Crippen molar-refractivity contribution in [3.63, 3.8) is 0 Å². The minimum absolute atomic E-state index is 0.259. The normalized spacial score (nSPS) is 11.3. The molecule has 10 heteroatoms. The van der Waals surface area contributed by atoms with Gasteiger partial charge in [0.2, 0.25) is 0 Å². The maximum absolute atomic E-state index is 13.0. The molecule has 0 aliphatic rings. The van der Waals surface area contributed by atoms with Crippen LogP contribution in [0.1, 0.15) is 48.8 Å². The lowest BCUT2D eigenvalue weighted by Crippen LogP contribution is -2.23. The zero-order valence-electron chi connectivity index (χ0n) is 19.5. The zero-order chi connectivity index (χ0) is 24.9. The van der Waals surface area contributed by atoms with E-state index in [1.165, 1.54) is 4.68 Å². The molecule has 35 heavy (non-hydrogen) atoms. The third kappa shape index (κ3) is 5.44. The van der Waals surface area contributed by atoms with Gasteiger partial charge in [0.1, 0.15) is 0 Å². The zero-order valence-corrected chi connectivity index (χ0v) is 20.3. The van der Waals surface area contributed by atoms with Crippen LogP contribution >= 0.6 is 11.3 Å². The predicted octanol–water partition coefficient (Wildman–Crippen LogP) is 3.32. The first-order valence-electron chi connectivity index (χ1n) is 10.8. The topological polar surface area (TPSA) is 121 Å². The Bertz CT molecular complexity index is 1450. The third-order valence-electron chi connectivity index (χ3n) is 5.26. The maximum atomic E-state index is 13.0. The molecule has 0 fully saturated rings. The van der Waals surface area contributed by atoms with Crippen molar-refractivity contribution in [3.8, 4) is 5.69 Å². The third-order valence-corrected chi connectivity index (χ3v) is 6.34. The lowest BCUT2D eigenvalue weighted by atomic mass is 10.2. The fourth-order valence-electron chi connectivity index (χ4n) is 3.44. The number of hydrogen-bond donors (Lipinski definition) is 3. The molecule has 3 aromatic heterocycles. The molecule has 4 rings (SSSR count). The van der Waals surface area contributed by atoms with Crippen LogP contribution in [0.15, 0.2) is 70.7 Å². The first kappa shape index (κ1) is 23.8. The summed E-state index contributed by atoms with van der Waals surface area (Å²) in [4.78, 5) is 42.8. The number of carbonyl (C=O) groups is 2. The number of hydrogen-bond acceptors (Lipinski definition) is 6. The van der Waals surface area contributed by atoms with Crippen molar-refractivity contribution in [2.24, 2.45) is 5.10 Å². The second-order valence-corrected chi connectivity index (χ2v) is 8.98. The molecule has 4 aromatic rings. The van der Waals surface area contributed by atoms with Crippen molar-refractivity contribution in [2.75, 3.05) is 0 Å². The largest absolute Gasteiger partial charge is 0.346 e. The van der Waals surface area contributed by atoms with Crippen LogP contribution in [0, 0.1) is 13.8 Å². The number of nitrogens with one attached hydrogen (secondary N) is 3. The van der Waals surface area contributed by atoms with Gasteiger partial charge in [-0.2, -0.15) is 5.10 Å². The highest BCUT2D eigenvalue weighted by atomic mass is 32.1. The quantitative estimate of drug-likeness (QED) is 0.273. The fraction of sp³-hybridized carbons (Fsp3) is 0.160. The first-order valence-corrected chi connectivity index (χ1v) is 11.7. The molecule has 0 aliphatic carbocycles. The molecule has 9 nitrogen and oxygen atoms in total. The van der Waals surface area contributed by atoms with E-state index in [1.54, 1.807) is 38.2 Å². The van der Waals surface area contributed by atoms with Crippen LogP contribution in [0.3, 0.4) is 0 Å². The Labute approximate surface area is 205 Å². The number of nitrogens with zero attached hydrogens (tertiary/aromatic N) is 3. The number of carbonyl (C=O) groups excluding carboxylic acids is 2. The number of amides is 2. The molecular weight excluding hydrogens is 464 g/mol. The number of H-pyrrole nitrogens is 1. The fourth-order valence-corrected chi connectivity index (χ4v) is 4.25. The highest BCUT2D eigenvalue weighted by Gasteiger charge is 2.17. The van der Waals surface area contributed by atoms with Gasteiger partial charge in [0.25, 0.3) is 17.4 Å². The molecule has 3 heterocycles. The summed E-state index contributed by atoms with van der Waals surface area (Å²) >= 11 is 1.05. The molecule has 0 radical (unpaired) electrons. The molecule has 3 N–H and O–H groups in total. The van der Waals surface area contributed by atoms with Gasteiger partial charge in [-0.3, -0.25) is 24.5 Å². The monoisotopic (exact) mass is 488 g/mol. The number of aromatic nitrogens is 3. The molecule has 178 valence electrons. The van der Waals surface area contributed by atoms with Crippen molar-refractivity contribution >= 4 is 28.9 Å². The van der Waals surface area contributed by atoms with Gasteiger partial charge in [-0.15, -0.1) is 11.3 Å². The van der Waals surface area contributed by atoms with E-state index in [1.807, 2.05) is 43.3 Å². The van der Waals surface area contributed by atoms with Gasteiger partial charge < -0.3 is 5.32 Å². The van der Waals surface area contributed by atoms with Crippen LogP contribution in [0.5, 0.6) is 0 Å². The number of aryl methyl sites for hydroxylation is 2. The molecule has 0 bridgehead atoms. The molecule has 0 saturated carbocycles. The van der Waals surface area contributed by atoms with Gasteiger partial charge >= 0.3 is 0 Å². The van der Waals surface area contributed by atoms with E-state index in [2.05, 4.69) is 25.9 Å². The lowest BCUT2D eigenvalue weighted by molar-refractivity contribution is 0.0949. The van der Waals surface area contributed by atoms with E-state index in [9.17, 15) is 14.4 Å². The van der Waals surface area contributed by atoms with E-state index in [0.717, 1.165) is 22.6 Å². The number of aromatic amines is 1.